The van der Waals surface area contributed by atoms with E-state index in [4.69, 9.17) is 0 Å². The third-order valence-electron chi connectivity index (χ3n) is 6.38. The van der Waals surface area contributed by atoms with Crippen molar-refractivity contribution in [1.82, 2.24) is 4.98 Å². The van der Waals surface area contributed by atoms with Gasteiger partial charge in [-0.3, -0.25) is 0 Å². The highest BCUT2D eigenvalue weighted by atomic mass is 15.2. The minimum atomic E-state index is -0.0332. The van der Waals surface area contributed by atoms with E-state index >= 15 is 0 Å². The van der Waals surface area contributed by atoms with Crippen LogP contribution in [0.4, 0.5) is 17.1 Å². The smallest absolute Gasteiger partial charge is 0.0502 e. The van der Waals surface area contributed by atoms with Crippen LogP contribution in [0.5, 0.6) is 0 Å². The first-order chi connectivity index (χ1) is 14.1. The second kappa shape index (κ2) is 5.74. The number of para-hydroxylation sites is 3. The second-order valence-corrected chi connectivity index (χ2v) is 8.40. The Bertz CT molecular complexity index is 1340. The SMILES string of the molecule is CC1(C)c2ccccc2N(c2ccc3[nH]c4ccccc4c3c2)c2ccccc21. The molecule has 4 aromatic carbocycles. The van der Waals surface area contributed by atoms with E-state index in [0.717, 1.165) is 0 Å². The molecule has 1 aromatic heterocycles. The molecule has 2 nitrogen and oxygen atoms in total. The van der Waals surface area contributed by atoms with E-state index in [0.29, 0.717) is 0 Å². The molecule has 140 valence electrons. The Morgan fingerprint density at radius 1 is 0.621 bits per heavy atom. The van der Waals surface area contributed by atoms with E-state index in [1.54, 1.807) is 0 Å². The minimum absolute atomic E-state index is 0.0332. The van der Waals surface area contributed by atoms with E-state index in [2.05, 4.69) is 115 Å². The Morgan fingerprint density at radius 2 is 1.21 bits per heavy atom. The molecule has 0 radical (unpaired) electrons. The van der Waals surface area contributed by atoms with Crippen molar-refractivity contribution in [3.05, 3.63) is 102 Å². The number of hydrogen-bond acceptors (Lipinski definition) is 1. The summed E-state index contributed by atoms with van der Waals surface area (Å²) in [6.45, 7) is 4.65. The van der Waals surface area contributed by atoms with Crippen LogP contribution in [0.2, 0.25) is 0 Å². The van der Waals surface area contributed by atoms with Gasteiger partial charge in [-0.15, -0.1) is 0 Å². The van der Waals surface area contributed by atoms with Gasteiger partial charge in [0.15, 0.2) is 0 Å². The molecule has 0 saturated carbocycles. The van der Waals surface area contributed by atoms with E-state index in [1.807, 2.05) is 0 Å². The number of aromatic amines is 1. The lowest BCUT2D eigenvalue weighted by molar-refractivity contribution is 0.632. The van der Waals surface area contributed by atoms with Gasteiger partial charge in [0, 0.05) is 32.9 Å². The summed E-state index contributed by atoms with van der Waals surface area (Å²) >= 11 is 0. The molecule has 1 aliphatic heterocycles. The van der Waals surface area contributed by atoms with Gasteiger partial charge in [0.2, 0.25) is 0 Å². The van der Waals surface area contributed by atoms with Crippen molar-refractivity contribution in [3.8, 4) is 0 Å². The van der Waals surface area contributed by atoms with Crippen molar-refractivity contribution >= 4 is 38.9 Å². The van der Waals surface area contributed by atoms with E-state index in [1.165, 1.54) is 50.0 Å². The first-order valence-corrected chi connectivity index (χ1v) is 10.1. The van der Waals surface area contributed by atoms with Crippen molar-refractivity contribution < 1.29 is 0 Å². The molecule has 2 heteroatoms. The van der Waals surface area contributed by atoms with Crippen LogP contribution in [0.25, 0.3) is 21.8 Å². The van der Waals surface area contributed by atoms with Gasteiger partial charge >= 0.3 is 0 Å². The van der Waals surface area contributed by atoms with E-state index in [9.17, 15) is 0 Å². The molecule has 0 saturated heterocycles. The first-order valence-electron chi connectivity index (χ1n) is 10.1. The standard InChI is InChI=1S/C27H22N2/c1-27(2)21-10-4-7-13-25(21)29(26-14-8-5-11-22(26)27)18-15-16-24-20(17-18)19-9-3-6-12-23(19)28-24/h3-17,28H,1-2H3. The molecule has 2 heterocycles. The molecule has 0 fully saturated rings. The van der Waals surface area contributed by atoms with Gasteiger partial charge in [-0.2, -0.15) is 0 Å². The number of aromatic nitrogens is 1. The van der Waals surface area contributed by atoms with Crippen LogP contribution in [0.1, 0.15) is 25.0 Å². The van der Waals surface area contributed by atoms with Gasteiger partial charge in [-0.1, -0.05) is 68.4 Å². The van der Waals surface area contributed by atoms with Crippen LogP contribution in [0.15, 0.2) is 91.0 Å². The summed E-state index contributed by atoms with van der Waals surface area (Å²) in [4.78, 5) is 5.95. The highest BCUT2D eigenvalue weighted by Crippen LogP contribution is 2.51. The van der Waals surface area contributed by atoms with Gasteiger partial charge in [-0.25, -0.2) is 0 Å². The average molecular weight is 374 g/mol. The summed E-state index contributed by atoms with van der Waals surface area (Å²) in [7, 11) is 0. The molecule has 1 N–H and O–H groups in total. The zero-order chi connectivity index (χ0) is 19.6. The van der Waals surface area contributed by atoms with Crippen LogP contribution in [-0.4, -0.2) is 4.98 Å². The van der Waals surface area contributed by atoms with Crippen molar-refractivity contribution in [2.45, 2.75) is 19.3 Å². The van der Waals surface area contributed by atoms with Crippen molar-refractivity contribution in [1.29, 1.82) is 0 Å². The maximum atomic E-state index is 3.54. The first kappa shape index (κ1) is 16.4. The molecule has 0 aliphatic carbocycles. The molecule has 0 atom stereocenters. The molecular formula is C27H22N2. The van der Waals surface area contributed by atoms with Crippen molar-refractivity contribution in [2.75, 3.05) is 4.90 Å². The van der Waals surface area contributed by atoms with Crippen LogP contribution < -0.4 is 4.90 Å². The maximum Gasteiger partial charge on any atom is 0.0502 e. The number of rotatable bonds is 1. The summed E-state index contributed by atoms with van der Waals surface area (Å²) in [6, 6.07) is 32.9. The lowest BCUT2D eigenvalue weighted by Gasteiger charge is -2.42. The number of H-pyrrole nitrogens is 1. The highest BCUT2D eigenvalue weighted by molar-refractivity contribution is 6.08. The Hall–Kier alpha value is -3.52. The van der Waals surface area contributed by atoms with Crippen LogP contribution in [0, 0.1) is 0 Å². The van der Waals surface area contributed by atoms with Crippen LogP contribution >= 0.6 is 0 Å². The molecule has 0 amide bonds. The summed E-state index contributed by atoms with van der Waals surface area (Å²) in [5, 5.41) is 2.53. The minimum Gasteiger partial charge on any atom is -0.355 e. The lowest BCUT2D eigenvalue weighted by atomic mass is 9.73. The van der Waals surface area contributed by atoms with E-state index < -0.39 is 0 Å². The van der Waals surface area contributed by atoms with E-state index in [-0.39, 0.29) is 5.41 Å². The largest absolute Gasteiger partial charge is 0.355 e. The van der Waals surface area contributed by atoms with Gasteiger partial charge < -0.3 is 9.88 Å². The highest BCUT2D eigenvalue weighted by Gasteiger charge is 2.36. The molecule has 0 spiro atoms. The van der Waals surface area contributed by atoms with Gasteiger partial charge in [0.25, 0.3) is 0 Å². The number of nitrogens with zero attached hydrogens (tertiary/aromatic N) is 1. The van der Waals surface area contributed by atoms with Crippen molar-refractivity contribution in [3.63, 3.8) is 0 Å². The third-order valence-corrected chi connectivity index (χ3v) is 6.38. The fourth-order valence-corrected chi connectivity index (χ4v) is 4.92. The number of anilines is 3. The molecule has 5 aromatic rings. The maximum absolute atomic E-state index is 3.54. The molecule has 0 bridgehead atoms. The summed E-state index contributed by atoms with van der Waals surface area (Å²) in [5.41, 5.74) is 8.75. The summed E-state index contributed by atoms with van der Waals surface area (Å²) in [6.07, 6.45) is 0. The Labute approximate surface area is 170 Å². The molecule has 0 unspecified atom stereocenters. The molecule has 6 rings (SSSR count). The topological polar surface area (TPSA) is 19.0 Å². The van der Waals surface area contributed by atoms with Crippen molar-refractivity contribution in [2.24, 2.45) is 0 Å². The average Bonchev–Trinajstić information content (AvgIpc) is 3.12. The monoisotopic (exact) mass is 374 g/mol. The Balaban J connectivity index is 1.66. The van der Waals surface area contributed by atoms with Crippen LogP contribution in [0.3, 0.4) is 0 Å². The predicted molar refractivity (Wildman–Crippen MR) is 123 cm³/mol. The summed E-state index contributed by atoms with van der Waals surface area (Å²) in [5.74, 6) is 0. The number of nitrogens with one attached hydrogen (secondary N) is 1. The quantitative estimate of drug-likeness (QED) is 0.323. The summed E-state index contributed by atoms with van der Waals surface area (Å²) < 4.78 is 0. The zero-order valence-corrected chi connectivity index (χ0v) is 16.6. The van der Waals surface area contributed by atoms with Crippen LogP contribution in [-0.2, 0) is 5.41 Å². The number of hydrogen-bond donors (Lipinski definition) is 1. The normalized spacial score (nSPS) is 14.8. The number of benzene rings is 4. The second-order valence-electron chi connectivity index (χ2n) is 8.40. The van der Waals surface area contributed by atoms with Gasteiger partial charge in [0.1, 0.15) is 0 Å². The Kier molecular flexibility index (Phi) is 3.25. The van der Waals surface area contributed by atoms with Gasteiger partial charge in [-0.05, 0) is 47.5 Å². The molecule has 29 heavy (non-hydrogen) atoms. The zero-order valence-electron chi connectivity index (χ0n) is 16.6. The lowest BCUT2D eigenvalue weighted by Crippen LogP contribution is -2.30. The third kappa shape index (κ3) is 2.23. The molecule has 1 aliphatic rings. The number of fused-ring (bicyclic) bond motifs is 5. The predicted octanol–water partition coefficient (Wildman–Crippen LogP) is 7.43. The van der Waals surface area contributed by atoms with Gasteiger partial charge in [0.05, 0.1) is 11.4 Å². The molecular weight excluding hydrogens is 352 g/mol. The Morgan fingerprint density at radius 3 is 1.93 bits per heavy atom. The fraction of sp³-hybridized carbons (Fsp3) is 0.111. The fourth-order valence-electron chi connectivity index (χ4n) is 4.92.